The number of carbonyl (C=O) groups excluding carboxylic acids is 1. The smallest absolute Gasteiger partial charge is 0.319 e. The van der Waals surface area contributed by atoms with E-state index in [-0.39, 0.29) is 11.4 Å². The third kappa shape index (κ3) is 6.74. The molecule has 0 atom stereocenters. The van der Waals surface area contributed by atoms with E-state index in [9.17, 15) is 10.1 Å². The number of anilines is 1. The van der Waals surface area contributed by atoms with Crippen molar-refractivity contribution in [3.63, 3.8) is 0 Å². The normalized spacial score (nSPS) is 17.8. The average Bonchev–Trinajstić information content (AvgIpc) is 2.96. The Bertz CT molecular complexity index is 1320. The Morgan fingerprint density at radius 3 is 2.33 bits per heavy atom. The van der Waals surface area contributed by atoms with Gasteiger partial charge in [-0.15, -0.1) is 0 Å². The van der Waals surface area contributed by atoms with Gasteiger partial charge in [-0.2, -0.15) is 5.26 Å². The van der Waals surface area contributed by atoms with Crippen molar-refractivity contribution >= 4 is 34.9 Å². The first-order valence-electron chi connectivity index (χ1n) is 13.4. The van der Waals surface area contributed by atoms with Gasteiger partial charge >= 0.3 is 6.03 Å². The van der Waals surface area contributed by atoms with E-state index in [1.165, 1.54) is 5.56 Å². The standard InChI is InChI=1S/C31H32Cl2N4O2/c32-26-17-27(33)19-28(18-26)36-30(38)35-21-31(10-12-37(13-11-31)29-8-14-39-15-9-29)25-6-4-23(5-7-25)24-3-1-2-22(16-24)20-34/h1-7,16-19,29H,8-15,21H2,(H2,35,36,38). The summed E-state index contributed by atoms with van der Waals surface area (Å²) in [6.45, 7) is 4.12. The van der Waals surface area contributed by atoms with Gasteiger partial charge in [0, 0.05) is 46.9 Å². The predicted molar refractivity (Wildman–Crippen MR) is 156 cm³/mol. The Morgan fingerprint density at radius 2 is 1.67 bits per heavy atom. The van der Waals surface area contributed by atoms with E-state index in [1.807, 2.05) is 24.3 Å². The lowest BCUT2D eigenvalue weighted by Gasteiger charge is -2.45. The Morgan fingerprint density at radius 1 is 0.974 bits per heavy atom. The lowest BCUT2D eigenvalue weighted by Crippen LogP contribution is -2.52. The molecule has 2 aliphatic rings. The van der Waals surface area contributed by atoms with Crippen molar-refractivity contribution in [3.05, 3.63) is 87.9 Å². The minimum Gasteiger partial charge on any atom is -0.381 e. The minimum absolute atomic E-state index is 0.196. The van der Waals surface area contributed by atoms with E-state index in [0.717, 1.165) is 63.1 Å². The van der Waals surface area contributed by atoms with E-state index in [0.29, 0.717) is 33.9 Å². The Balaban J connectivity index is 1.33. The molecule has 0 bridgehead atoms. The maximum atomic E-state index is 12.9. The van der Waals surface area contributed by atoms with Crippen LogP contribution in [0.15, 0.2) is 66.7 Å². The molecule has 2 fully saturated rings. The lowest BCUT2D eigenvalue weighted by molar-refractivity contribution is 0.0173. The molecule has 8 heteroatoms. The van der Waals surface area contributed by atoms with E-state index >= 15 is 0 Å². The molecule has 0 aliphatic carbocycles. The number of hydrogen-bond donors (Lipinski definition) is 2. The van der Waals surface area contributed by atoms with Gasteiger partial charge in [-0.1, -0.05) is 59.6 Å². The molecule has 0 saturated carbocycles. The fourth-order valence-corrected chi connectivity index (χ4v) is 6.30. The summed E-state index contributed by atoms with van der Waals surface area (Å²) in [5.41, 5.74) is 4.29. The Labute approximate surface area is 239 Å². The molecule has 2 aliphatic heterocycles. The van der Waals surface area contributed by atoms with E-state index < -0.39 is 0 Å². The first-order chi connectivity index (χ1) is 18.9. The van der Waals surface area contributed by atoms with Crippen LogP contribution in [0.4, 0.5) is 10.5 Å². The third-order valence-corrected chi connectivity index (χ3v) is 8.43. The zero-order valence-electron chi connectivity index (χ0n) is 21.8. The summed E-state index contributed by atoms with van der Waals surface area (Å²) in [4.78, 5) is 15.5. The molecule has 2 heterocycles. The first-order valence-corrected chi connectivity index (χ1v) is 14.1. The van der Waals surface area contributed by atoms with Gasteiger partial charge in [-0.05, 0) is 85.8 Å². The largest absolute Gasteiger partial charge is 0.381 e. The molecule has 2 N–H and O–H groups in total. The van der Waals surface area contributed by atoms with Gasteiger partial charge in [-0.3, -0.25) is 0 Å². The van der Waals surface area contributed by atoms with Gasteiger partial charge < -0.3 is 20.3 Å². The number of ether oxygens (including phenoxy) is 1. The molecule has 6 nitrogen and oxygen atoms in total. The maximum Gasteiger partial charge on any atom is 0.319 e. The molecule has 39 heavy (non-hydrogen) atoms. The quantitative estimate of drug-likeness (QED) is 0.343. The van der Waals surface area contributed by atoms with Gasteiger partial charge in [0.1, 0.15) is 0 Å². The summed E-state index contributed by atoms with van der Waals surface area (Å²) in [6.07, 6.45) is 4.03. The van der Waals surface area contributed by atoms with Crippen LogP contribution in [0.25, 0.3) is 11.1 Å². The highest BCUT2D eigenvalue weighted by Crippen LogP contribution is 2.37. The number of benzene rings is 3. The van der Waals surface area contributed by atoms with E-state index in [2.05, 4.69) is 45.9 Å². The van der Waals surface area contributed by atoms with Crippen LogP contribution in [0.5, 0.6) is 0 Å². The second-order valence-corrected chi connectivity index (χ2v) is 11.3. The van der Waals surface area contributed by atoms with Crippen LogP contribution >= 0.6 is 23.2 Å². The summed E-state index contributed by atoms with van der Waals surface area (Å²) in [5.74, 6) is 0. The summed E-state index contributed by atoms with van der Waals surface area (Å²) in [7, 11) is 0. The van der Waals surface area contributed by atoms with Crippen LogP contribution in [0.3, 0.4) is 0 Å². The number of urea groups is 1. The van der Waals surface area contributed by atoms with Crippen molar-refractivity contribution in [2.45, 2.75) is 37.1 Å². The average molecular weight is 564 g/mol. The summed E-state index contributed by atoms with van der Waals surface area (Å²) in [6, 6.07) is 23.7. The highest BCUT2D eigenvalue weighted by molar-refractivity contribution is 6.35. The minimum atomic E-state index is -0.287. The molecule has 3 aromatic carbocycles. The number of amides is 2. The van der Waals surface area contributed by atoms with Crippen LogP contribution < -0.4 is 10.6 Å². The highest BCUT2D eigenvalue weighted by atomic mass is 35.5. The number of nitrogens with zero attached hydrogens (tertiary/aromatic N) is 2. The molecule has 5 rings (SSSR count). The van der Waals surface area contributed by atoms with Crippen molar-refractivity contribution in [2.75, 3.05) is 38.2 Å². The summed E-state index contributed by atoms with van der Waals surface area (Å²) < 4.78 is 5.58. The molecule has 202 valence electrons. The summed E-state index contributed by atoms with van der Waals surface area (Å²) >= 11 is 12.2. The van der Waals surface area contributed by atoms with E-state index in [4.69, 9.17) is 27.9 Å². The molecule has 2 saturated heterocycles. The number of nitriles is 1. The number of rotatable bonds is 6. The topological polar surface area (TPSA) is 77.4 Å². The molecule has 2 amide bonds. The van der Waals surface area contributed by atoms with Crippen molar-refractivity contribution < 1.29 is 9.53 Å². The van der Waals surface area contributed by atoms with Crippen LogP contribution in [0.2, 0.25) is 10.0 Å². The molecule has 0 aromatic heterocycles. The van der Waals surface area contributed by atoms with Gasteiger partial charge in [0.15, 0.2) is 0 Å². The number of nitrogens with one attached hydrogen (secondary N) is 2. The zero-order chi connectivity index (χ0) is 27.2. The van der Waals surface area contributed by atoms with E-state index in [1.54, 1.807) is 18.2 Å². The SMILES string of the molecule is N#Cc1cccc(-c2ccc(C3(CNC(=O)Nc4cc(Cl)cc(Cl)c4)CCN(C4CCOCC4)CC3)cc2)c1. The number of piperidine rings is 1. The lowest BCUT2D eigenvalue weighted by atomic mass is 9.72. The van der Waals surface area contributed by atoms with Crippen molar-refractivity contribution in [3.8, 4) is 17.2 Å². The van der Waals surface area contributed by atoms with Crippen LogP contribution in [-0.2, 0) is 10.2 Å². The molecular weight excluding hydrogens is 531 g/mol. The number of halogens is 2. The van der Waals surface area contributed by atoms with Gasteiger partial charge in [0.05, 0.1) is 11.6 Å². The Hall–Kier alpha value is -3.08. The fraction of sp³-hybridized carbons (Fsp3) is 0.355. The van der Waals surface area contributed by atoms with Crippen molar-refractivity contribution in [1.29, 1.82) is 5.26 Å². The third-order valence-electron chi connectivity index (χ3n) is 7.99. The van der Waals surface area contributed by atoms with Gasteiger partial charge in [0.25, 0.3) is 0 Å². The maximum absolute atomic E-state index is 12.9. The van der Waals surface area contributed by atoms with Crippen LogP contribution in [-0.4, -0.2) is 49.8 Å². The van der Waals surface area contributed by atoms with Crippen LogP contribution in [0.1, 0.15) is 36.8 Å². The number of hydrogen-bond acceptors (Lipinski definition) is 4. The van der Waals surface area contributed by atoms with Crippen molar-refractivity contribution in [2.24, 2.45) is 0 Å². The first kappa shape index (κ1) is 27.5. The molecular formula is C31H32Cl2N4O2. The van der Waals surface area contributed by atoms with Gasteiger partial charge in [0.2, 0.25) is 0 Å². The second kappa shape index (κ2) is 12.4. The highest BCUT2D eigenvalue weighted by Gasteiger charge is 2.38. The molecule has 0 unspecified atom stereocenters. The predicted octanol–water partition coefficient (Wildman–Crippen LogP) is 6.87. The molecule has 3 aromatic rings. The second-order valence-electron chi connectivity index (χ2n) is 10.4. The van der Waals surface area contributed by atoms with Crippen LogP contribution in [0, 0.1) is 11.3 Å². The summed E-state index contributed by atoms with van der Waals surface area (Å²) in [5, 5.41) is 16.2. The Kier molecular flexibility index (Phi) is 8.74. The zero-order valence-corrected chi connectivity index (χ0v) is 23.3. The molecule has 0 spiro atoms. The molecule has 0 radical (unpaired) electrons. The monoisotopic (exact) mass is 562 g/mol. The van der Waals surface area contributed by atoms with Crippen molar-refractivity contribution in [1.82, 2.24) is 10.2 Å². The number of likely N-dealkylation sites (tertiary alicyclic amines) is 1. The fourth-order valence-electron chi connectivity index (χ4n) is 5.77. The van der Waals surface area contributed by atoms with Gasteiger partial charge in [-0.25, -0.2) is 4.79 Å². The number of carbonyl (C=O) groups is 1.